The molecule has 0 radical (unpaired) electrons. The van der Waals surface area contributed by atoms with Crippen molar-refractivity contribution in [2.45, 2.75) is 26.2 Å². The zero-order valence-corrected chi connectivity index (χ0v) is 20.3. The molecule has 0 N–H and O–H groups in total. The van der Waals surface area contributed by atoms with Crippen LogP contribution in [0.5, 0.6) is 0 Å². The van der Waals surface area contributed by atoms with Crippen molar-refractivity contribution >= 4 is 22.6 Å². The quantitative estimate of drug-likeness (QED) is 0.396. The van der Waals surface area contributed by atoms with Gasteiger partial charge in [0.15, 0.2) is 5.82 Å². The van der Waals surface area contributed by atoms with Crippen LogP contribution >= 0.6 is 0 Å². The molecule has 0 aliphatic carbocycles. The van der Waals surface area contributed by atoms with Gasteiger partial charge < -0.3 is 14.0 Å². The molecule has 1 amide bonds. The van der Waals surface area contributed by atoms with Gasteiger partial charge in [-0.25, -0.2) is 9.37 Å². The Morgan fingerprint density at radius 3 is 2.40 bits per heavy atom. The van der Waals surface area contributed by atoms with E-state index in [0.29, 0.717) is 36.0 Å². The van der Waals surface area contributed by atoms with Crippen molar-refractivity contribution in [1.29, 1.82) is 0 Å². The number of halogens is 1. The summed E-state index contributed by atoms with van der Waals surface area (Å²) in [5.41, 5.74) is 4.12. The summed E-state index contributed by atoms with van der Waals surface area (Å²) in [5, 5.41) is 0.764. The summed E-state index contributed by atoms with van der Waals surface area (Å²) >= 11 is 0. The number of hydrogen-bond acceptors (Lipinski definition) is 3. The molecule has 1 saturated heterocycles. The molecule has 1 aliphatic rings. The smallest absolute Gasteiger partial charge is 0.254 e. The number of carbonyl (C=O) groups excluding carboxylic acids is 2. The van der Waals surface area contributed by atoms with Gasteiger partial charge in [0.2, 0.25) is 5.78 Å². The lowest BCUT2D eigenvalue weighted by Gasteiger charge is -2.32. The maximum Gasteiger partial charge on any atom is 0.254 e. The first-order chi connectivity index (χ1) is 16.8. The van der Waals surface area contributed by atoms with Gasteiger partial charge in [0, 0.05) is 62.2 Å². The van der Waals surface area contributed by atoms with Crippen LogP contribution < -0.4 is 0 Å². The summed E-state index contributed by atoms with van der Waals surface area (Å²) in [6.45, 7) is 3.33. The van der Waals surface area contributed by atoms with E-state index in [0.717, 1.165) is 41.3 Å². The maximum absolute atomic E-state index is 13.5. The fraction of sp³-hybridized carbons (Fsp3) is 0.321. The number of ketones is 1. The third-order valence-corrected chi connectivity index (χ3v) is 7.17. The summed E-state index contributed by atoms with van der Waals surface area (Å²) in [7, 11) is 3.70. The van der Waals surface area contributed by atoms with Gasteiger partial charge in [-0.3, -0.25) is 9.59 Å². The van der Waals surface area contributed by atoms with E-state index in [2.05, 4.69) is 4.98 Å². The Morgan fingerprint density at radius 1 is 1.03 bits per heavy atom. The molecule has 0 saturated carbocycles. The van der Waals surface area contributed by atoms with Crippen molar-refractivity contribution < 1.29 is 14.0 Å². The number of piperidine rings is 1. The van der Waals surface area contributed by atoms with Crippen molar-refractivity contribution in [3.8, 4) is 0 Å². The fourth-order valence-electron chi connectivity index (χ4n) is 5.11. The number of hydrogen-bond donors (Lipinski definition) is 0. The molecule has 3 heterocycles. The average Bonchev–Trinajstić information content (AvgIpc) is 3.42. The topological polar surface area (TPSA) is 60.1 Å². The largest absolute Gasteiger partial charge is 0.350 e. The minimum Gasteiger partial charge on any atom is -0.350 e. The molecule has 0 bridgehead atoms. The minimum atomic E-state index is -0.218. The van der Waals surface area contributed by atoms with Crippen molar-refractivity contribution in [1.82, 2.24) is 19.0 Å². The maximum atomic E-state index is 13.5. The summed E-state index contributed by atoms with van der Waals surface area (Å²) in [6, 6.07) is 10.5. The highest BCUT2D eigenvalue weighted by Gasteiger charge is 2.26. The normalized spacial score (nSPS) is 14.6. The van der Waals surface area contributed by atoms with Gasteiger partial charge in [-0.05, 0) is 67.5 Å². The summed E-state index contributed by atoms with van der Waals surface area (Å²) in [4.78, 5) is 32.9. The van der Waals surface area contributed by atoms with E-state index in [-0.39, 0.29) is 17.5 Å². The van der Waals surface area contributed by atoms with Crippen LogP contribution in [0, 0.1) is 18.7 Å². The van der Waals surface area contributed by atoms with Crippen LogP contribution in [0.1, 0.15) is 50.5 Å². The van der Waals surface area contributed by atoms with Crippen LogP contribution in [0.15, 0.2) is 55.0 Å². The van der Waals surface area contributed by atoms with E-state index in [1.807, 2.05) is 53.9 Å². The van der Waals surface area contributed by atoms with Crippen LogP contribution in [0.4, 0.5) is 4.39 Å². The van der Waals surface area contributed by atoms with E-state index in [1.165, 1.54) is 12.1 Å². The van der Waals surface area contributed by atoms with Crippen LogP contribution in [-0.2, 0) is 20.5 Å². The van der Waals surface area contributed by atoms with Gasteiger partial charge in [-0.1, -0.05) is 12.1 Å². The molecule has 1 aliphatic heterocycles. The first-order valence-corrected chi connectivity index (χ1v) is 12.0. The number of aromatic nitrogens is 3. The number of aryl methyl sites for hydroxylation is 3. The number of amides is 1. The number of imidazole rings is 1. The molecular weight excluding hydrogens is 443 g/mol. The first kappa shape index (κ1) is 23.0. The average molecular weight is 473 g/mol. The molecule has 35 heavy (non-hydrogen) atoms. The van der Waals surface area contributed by atoms with E-state index in [1.54, 1.807) is 24.0 Å². The highest BCUT2D eigenvalue weighted by atomic mass is 19.1. The number of likely N-dealkylation sites (tertiary alicyclic amines) is 1. The van der Waals surface area contributed by atoms with Crippen LogP contribution in [0.25, 0.3) is 10.9 Å². The highest BCUT2D eigenvalue weighted by molar-refractivity contribution is 6.16. The highest BCUT2D eigenvalue weighted by Crippen LogP contribution is 2.29. The lowest BCUT2D eigenvalue weighted by molar-refractivity contribution is 0.0689. The molecule has 7 heteroatoms. The molecule has 0 unspecified atom stereocenters. The molecule has 180 valence electrons. The van der Waals surface area contributed by atoms with Crippen molar-refractivity contribution in [3.63, 3.8) is 0 Å². The van der Waals surface area contributed by atoms with Crippen molar-refractivity contribution in [2.75, 3.05) is 13.1 Å². The van der Waals surface area contributed by atoms with Crippen LogP contribution in [0.3, 0.4) is 0 Å². The zero-order chi connectivity index (χ0) is 24.7. The van der Waals surface area contributed by atoms with Gasteiger partial charge in [0.05, 0.1) is 5.56 Å². The lowest BCUT2D eigenvalue weighted by Crippen LogP contribution is -2.39. The Hall–Kier alpha value is -3.74. The van der Waals surface area contributed by atoms with Crippen LogP contribution in [-0.4, -0.2) is 43.8 Å². The van der Waals surface area contributed by atoms with Crippen LogP contribution in [0.2, 0.25) is 0 Å². The molecule has 6 nitrogen and oxygen atoms in total. The monoisotopic (exact) mass is 472 g/mol. The molecule has 2 aromatic heterocycles. The van der Waals surface area contributed by atoms with Crippen molar-refractivity contribution in [3.05, 3.63) is 88.9 Å². The Kier molecular flexibility index (Phi) is 6.01. The predicted octanol–water partition coefficient (Wildman–Crippen LogP) is 4.69. The molecule has 2 aromatic carbocycles. The summed E-state index contributed by atoms with van der Waals surface area (Å²) < 4.78 is 16.8. The summed E-state index contributed by atoms with van der Waals surface area (Å²) in [5.74, 6) is 0.471. The molecule has 0 atom stereocenters. The van der Waals surface area contributed by atoms with Crippen molar-refractivity contribution in [2.24, 2.45) is 20.0 Å². The number of rotatable bonds is 5. The fourth-order valence-corrected chi connectivity index (χ4v) is 5.11. The van der Waals surface area contributed by atoms with E-state index in [4.69, 9.17) is 0 Å². The van der Waals surface area contributed by atoms with Gasteiger partial charge in [0.1, 0.15) is 5.82 Å². The Morgan fingerprint density at radius 2 is 1.74 bits per heavy atom. The minimum absolute atomic E-state index is 0.00359. The number of benzene rings is 2. The van der Waals surface area contributed by atoms with Gasteiger partial charge in [-0.2, -0.15) is 0 Å². The molecular formula is C28H29FN4O2. The number of fused-ring (bicyclic) bond motifs is 1. The second kappa shape index (κ2) is 9.13. The van der Waals surface area contributed by atoms with Gasteiger partial charge in [0.25, 0.3) is 5.91 Å². The second-order valence-electron chi connectivity index (χ2n) is 9.60. The first-order valence-electron chi connectivity index (χ1n) is 12.0. The van der Waals surface area contributed by atoms with Gasteiger partial charge in [-0.15, -0.1) is 0 Å². The lowest BCUT2D eigenvalue weighted by atomic mass is 9.89. The molecule has 1 fully saturated rings. The molecule has 4 aromatic rings. The van der Waals surface area contributed by atoms with E-state index < -0.39 is 0 Å². The van der Waals surface area contributed by atoms with Gasteiger partial charge >= 0.3 is 0 Å². The van der Waals surface area contributed by atoms with E-state index in [9.17, 15) is 14.0 Å². The SMILES string of the molecule is Cc1cc2c(cc1C(=O)N1CCC(Cc3ccc(F)cc3)CC1)c(C(=O)c1nccn1C)cn2C. The summed E-state index contributed by atoms with van der Waals surface area (Å²) in [6.07, 6.45) is 7.90. The molecule has 0 spiro atoms. The van der Waals surface area contributed by atoms with E-state index >= 15 is 0 Å². The molecule has 5 rings (SSSR count). The Labute approximate surface area is 204 Å². The number of nitrogens with zero attached hydrogens (tertiary/aromatic N) is 4. The predicted molar refractivity (Wildman–Crippen MR) is 133 cm³/mol. The standard InChI is InChI=1S/C28H29FN4O2/c1-18-14-25-23(24(17-32(25)3)26(34)27-30-10-13-31(27)2)16-22(18)28(35)33-11-8-20(9-12-33)15-19-4-6-21(29)7-5-19/h4-7,10,13-14,16-17,20H,8-9,11-12,15H2,1-3H3. The third-order valence-electron chi connectivity index (χ3n) is 7.17. The zero-order valence-electron chi connectivity index (χ0n) is 20.3. The Bertz CT molecular complexity index is 1410. The third kappa shape index (κ3) is 4.38. The number of carbonyl (C=O) groups is 2. The Balaban J connectivity index is 1.36. The second-order valence-corrected chi connectivity index (χ2v) is 9.60.